The van der Waals surface area contributed by atoms with E-state index < -0.39 is 11.4 Å². The van der Waals surface area contributed by atoms with Crippen molar-refractivity contribution in [3.05, 3.63) is 65.7 Å². The van der Waals surface area contributed by atoms with Gasteiger partial charge >= 0.3 is 0 Å². The van der Waals surface area contributed by atoms with Gasteiger partial charge in [-0.05, 0) is 50.6 Å². The van der Waals surface area contributed by atoms with Crippen LogP contribution in [0.25, 0.3) is 0 Å². The summed E-state index contributed by atoms with van der Waals surface area (Å²) in [5.74, 6) is -0.286. The summed E-state index contributed by atoms with van der Waals surface area (Å²) >= 11 is 0. The Kier molecular flexibility index (Phi) is 5.24. The Morgan fingerprint density at radius 1 is 1.04 bits per heavy atom. The van der Waals surface area contributed by atoms with Crippen LogP contribution in [0.5, 0.6) is 5.75 Å². The van der Waals surface area contributed by atoms with Gasteiger partial charge in [0.15, 0.2) is 0 Å². The lowest BCUT2D eigenvalue weighted by Gasteiger charge is -2.22. The average molecular weight is 326 g/mol. The van der Waals surface area contributed by atoms with Gasteiger partial charge in [-0.2, -0.15) is 0 Å². The zero-order valence-electron chi connectivity index (χ0n) is 14.1. The van der Waals surface area contributed by atoms with E-state index in [1.54, 1.807) is 38.1 Å². The van der Waals surface area contributed by atoms with Gasteiger partial charge < -0.3 is 15.8 Å². The van der Waals surface area contributed by atoms with E-state index in [-0.39, 0.29) is 12.0 Å². The van der Waals surface area contributed by atoms with Crippen LogP contribution in [0.2, 0.25) is 0 Å². The fraction of sp³-hybridized carbons (Fsp3) is 0.263. The molecule has 5 nitrogen and oxygen atoms in total. The van der Waals surface area contributed by atoms with E-state index in [0.29, 0.717) is 11.3 Å². The lowest BCUT2D eigenvalue weighted by atomic mass is 10.0. The lowest BCUT2D eigenvalue weighted by Crippen LogP contribution is -2.52. The molecule has 3 N–H and O–H groups in total. The number of hydrogen-bond acceptors (Lipinski definition) is 3. The van der Waals surface area contributed by atoms with E-state index in [4.69, 9.17) is 10.5 Å². The number of nitrogens with one attached hydrogen (secondary N) is 1. The molecule has 126 valence electrons. The molecule has 0 unspecified atom stereocenters. The summed E-state index contributed by atoms with van der Waals surface area (Å²) in [6.07, 6.45) is -0.0975. The summed E-state index contributed by atoms with van der Waals surface area (Å²) < 4.78 is 5.87. The summed E-state index contributed by atoms with van der Waals surface area (Å²) in [4.78, 5) is 23.4. The first-order valence-electron chi connectivity index (χ1n) is 7.73. The minimum absolute atomic E-state index is 0.0975. The van der Waals surface area contributed by atoms with Gasteiger partial charge in [0.1, 0.15) is 17.4 Å². The molecule has 0 bridgehead atoms. The van der Waals surface area contributed by atoms with Crippen molar-refractivity contribution < 1.29 is 14.3 Å². The number of primary amides is 1. The summed E-state index contributed by atoms with van der Waals surface area (Å²) in [7, 11) is 0. The Bertz CT molecular complexity index is 709. The highest BCUT2D eigenvalue weighted by molar-refractivity contribution is 5.98. The number of rotatable bonds is 6. The first-order valence-corrected chi connectivity index (χ1v) is 7.73. The maximum absolute atomic E-state index is 12.2. The van der Waals surface area contributed by atoms with Crippen molar-refractivity contribution in [2.24, 2.45) is 5.73 Å². The Hall–Kier alpha value is -2.82. The van der Waals surface area contributed by atoms with Gasteiger partial charge in [-0.1, -0.05) is 30.3 Å². The summed E-state index contributed by atoms with van der Waals surface area (Å²) in [6, 6.07) is 16.6. The summed E-state index contributed by atoms with van der Waals surface area (Å²) in [5.41, 5.74) is 5.66. The molecule has 1 atom stereocenters. The molecular weight excluding hydrogens is 304 g/mol. The third-order valence-corrected chi connectivity index (χ3v) is 3.74. The molecule has 0 aromatic heterocycles. The highest BCUT2D eigenvalue weighted by Gasteiger charge is 2.27. The zero-order chi connectivity index (χ0) is 17.7. The van der Waals surface area contributed by atoms with Crippen molar-refractivity contribution in [1.29, 1.82) is 0 Å². The topological polar surface area (TPSA) is 81.4 Å². The number of ether oxygens (including phenoxy) is 1. The van der Waals surface area contributed by atoms with Crippen LogP contribution in [0.3, 0.4) is 0 Å². The van der Waals surface area contributed by atoms with E-state index in [1.165, 1.54) is 0 Å². The van der Waals surface area contributed by atoms with Gasteiger partial charge in [-0.15, -0.1) is 0 Å². The molecule has 24 heavy (non-hydrogen) atoms. The van der Waals surface area contributed by atoms with Crippen LogP contribution in [0.4, 0.5) is 0 Å². The maximum Gasteiger partial charge on any atom is 0.252 e. The maximum atomic E-state index is 12.2. The van der Waals surface area contributed by atoms with Crippen molar-refractivity contribution in [2.75, 3.05) is 0 Å². The minimum Gasteiger partial charge on any atom is -0.486 e. The normalized spacial score (nSPS) is 12.3. The van der Waals surface area contributed by atoms with E-state index in [1.807, 2.05) is 37.3 Å². The highest BCUT2D eigenvalue weighted by Crippen LogP contribution is 2.22. The van der Waals surface area contributed by atoms with Gasteiger partial charge in [0.05, 0.1) is 0 Å². The molecule has 0 saturated heterocycles. The SMILES string of the molecule is C[C@H](Oc1ccc(C(=O)NC(C)(C)C(N)=O)cc1)c1ccccc1. The minimum atomic E-state index is -1.10. The smallest absolute Gasteiger partial charge is 0.252 e. The molecule has 0 heterocycles. The quantitative estimate of drug-likeness (QED) is 0.856. The second kappa shape index (κ2) is 7.17. The predicted octanol–water partition coefficient (Wildman–Crippen LogP) is 2.82. The Balaban J connectivity index is 2.03. The first kappa shape index (κ1) is 17.5. The molecule has 0 spiro atoms. The van der Waals surface area contributed by atoms with Crippen molar-refractivity contribution in [3.63, 3.8) is 0 Å². The highest BCUT2D eigenvalue weighted by atomic mass is 16.5. The van der Waals surface area contributed by atoms with Crippen LogP contribution < -0.4 is 15.8 Å². The third kappa shape index (κ3) is 4.35. The third-order valence-electron chi connectivity index (χ3n) is 3.74. The van der Waals surface area contributed by atoms with Crippen molar-refractivity contribution in [1.82, 2.24) is 5.32 Å². The van der Waals surface area contributed by atoms with E-state index in [9.17, 15) is 9.59 Å². The first-order chi connectivity index (χ1) is 11.3. The Labute approximate surface area is 141 Å². The molecule has 2 aromatic carbocycles. The molecule has 2 aromatic rings. The molecule has 0 aliphatic heterocycles. The number of carbonyl (C=O) groups is 2. The molecule has 2 rings (SSSR count). The fourth-order valence-electron chi connectivity index (χ4n) is 2.10. The van der Waals surface area contributed by atoms with Crippen molar-refractivity contribution >= 4 is 11.8 Å². The number of hydrogen-bond donors (Lipinski definition) is 2. The molecule has 0 aliphatic carbocycles. The molecule has 0 aliphatic rings. The van der Waals surface area contributed by atoms with Gasteiger partial charge in [-0.25, -0.2) is 0 Å². The van der Waals surface area contributed by atoms with Crippen LogP contribution in [-0.2, 0) is 4.79 Å². The molecule has 5 heteroatoms. The number of benzene rings is 2. The van der Waals surface area contributed by atoms with Crippen LogP contribution in [-0.4, -0.2) is 17.4 Å². The van der Waals surface area contributed by atoms with E-state index in [2.05, 4.69) is 5.32 Å². The van der Waals surface area contributed by atoms with Crippen molar-refractivity contribution in [2.45, 2.75) is 32.4 Å². The number of carbonyl (C=O) groups excluding carboxylic acids is 2. The predicted molar refractivity (Wildman–Crippen MR) is 92.7 cm³/mol. The van der Waals surface area contributed by atoms with Gasteiger partial charge in [-0.3, -0.25) is 9.59 Å². The van der Waals surface area contributed by atoms with Gasteiger partial charge in [0, 0.05) is 5.56 Å². The monoisotopic (exact) mass is 326 g/mol. The largest absolute Gasteiger partial charge is 0.486 e. The van der Waals surface area contributed by atoms with E-state index >= 15 is 0 Å². The summed E-state index contributed by atoms with van der Waals surface area (Å²) in [5, 5.41) is 2.60. The summed E-state index contributed by atoms with van der Waals surface area (Å²) in [6.45, 7) is 5.09. The zero-order valence-corrected chi connectivity index (χ0v) is 14.1. The number of amides is 2. The van der Waals surface area contributed by atoms with Gasteiger partial charge in [0.25, 0.3) is 5.91 Å². The molecule has 0 saturated carbocycles. The molecular formula is C19H22N2O3. The van der Waals surface area contributed by atoms with Gasteiger partial charge in [0.2, 0.25) is 5.91 Å². The Morgan fingerprint density at radius 3 is 2.17 bits per heavy atom. The van der Waals surface area contributed by atoms with E-state index in [0.717, 1.165) is 5.56 Å². The average Bonchev–Trinajstić information content (AvgIpc) is 2.55. The van der Waals surface area contributed by atoms with Crippen LogP contribution in [0, 0.1) is 0 Å². The number of nitrogens with two attached hydrogens (primary N) is 1. The van der Waals surface area contributed by atoms with Crippen LogP contribution in [0.1, 0.15) is 42.8 Å². The molecule has 2 amide bonds. The van der Waals surface area contributed by atoms with Crippen LogP contribution in [0.15, 0.2) is 54.6 Å². The lowest BCUT2D eigenvalue weighted by molar-refractivity contribution is -0.122. The Morgan fingerprint density at radius 2 is 1.62 bits per heavy atom. The second-order valence-electron chi connectivity index (χ2n) is 6.14. The van der Waals surface area contributed by atoms with Crippen molar-refractivity contribution in [3.8, 4) is 5.75 Å². The molecule has 0 fully saturated rings. The fourth-order valence-corrected chi connectivity index (χ4v) is 2.10. The standard InChI is InChI=1S/C19H22N2O3/c1-13(14-7-5-4-6-8-14)24-16-11-9-15(10-12-16)17(22)21-19(2,3)18(20)23/h4-13H,1-3H3,(H2,20,23)(H,21,22)/t13-/m0/s1. The van der Waals surface area contributed by atoms with Crippen LogP contribution >= 0.6 is 0 Å². The molecule has 0 radical (unpaired) electrons. The second-order valence-corrected chi connectivity index (χ2v) is 6.14.